The topological polar surface area (TPSA) is 162 Å². The molecule has 3 aromatic heterocycles. The Morgan fingerprint density at radius 2 is 1.69 bits per heavy atom. The van der Waals surface area contributed by atoms with Crippen LogP contribution in [0.1, 0.15) is 78.1 Å². The highest BCUT2D eigenvalue weighted by atomic mass is 16.2. The van der Waals surface area contributed by atoms with E-state index in [1.54, 1.807) is 24.3 Å². The molecular weight excluding hydrogens is 680 g/mol. The standard InChI is InChI=1S/C36H40B2N10O3.C2H7N/c1-19(2)20(3)31-33-25(15-40-48(33)23-16-47(17-23)36(37,38)28-11-6-8-22(18-49)41-28)24-9-7-10-26(32(24)46(31)5)42-27-14-29(43-34(50)21-12-13-21)44-45-30(27)35(51)39-4;1-3-2/h6-11,14-15,18-21,23,31H,12-13,16-17H2,1-5H3,(H,39,51)(H2,42,43,44,50);3H,1-2H3. The first-order valence-electron chi connectivity index (χ1n) is 18.3. The fourth-order valence-electron chi connectivity index (χ4n) is 7.06. The summed E-state index contributed by atoms with van der Waals surface area (Å²) >= 11 is 0. The van der Waals surface area contributed by atoms with E-state index in [0.717, 1.165) is 41.0 Å². The van der Waals surface area contributed by atoms with Gasteiger partial charge in [0, 0.05) is 56.0 Å². The van der Waals surface area contributed by atoms with E-state index in [4.69, 9.17) is 20.8 Å². The van der Waals surface area contributed by atoms with E-state index in [1.165, 1.54) is 7.05 Å². The molecule has 1 saturated heterocycles. The smallest absolute Gasteiger partial charge is 0.273 e. The molecule has 4 N–H and O–H groups in total. The molecule has 278 valence electrons. The van der Waals surface area contributed by atoms with E-state index >= 15 is 0 Å². The first kappa shape index (κ1) is 38.6. The quantitative estimate of drug-likeness (QED) is 0.132. The Bertz CT molecular complexity index is 2030. The molecular formula is C38H47B2N11O3. The summed E-state index contributed by atoms with van der Waals surface area (Å²) in [6, 6.07) is 12.7. The number of pyridine rings is 1. The van der Waals surface area contributed by atoms with Crippen molar-refractivity contribution in [2.75, 3.05) is 56.8 Å². The van der Waals surface area contributed by atoms with Crippen molar-refractivity contribution in [2.45, 2.75) is 51.0 Å². The zero-order chi connectivity index (χ0) is 38.9. The molecule has 2 aliphatic heterocycles. The van der Waals surface area contributed by atoms with Gasteiger partial charge in [-0.3, -0.25) is 19.1 Å². The third-order valence-corrected chi connectivity index (χ3v) is 10.5. The molecule has 7 rings (SSSR count). The maximum absolute atomic E-state index is 12.9. The van der Waals surface area contributed by atoms with Crippen molar-refractivity contribution in [1.82, 2.24) is 40.5 Å². The molecule has 1 saturated carbocycles. The minimum atomic E-state index is -1.35. The summed E-state index contributed by atoms with van der Waals surface area (Å²) in [5, 5.41) is 23.6. The van der Waals surface area contributed by atoms with Gasteiger partial charge in [-0.05, 0) is 62.3 Å². The zero-order valence-corrected chi connectivity index (χ0v) is 31.9. The van der Waals surface area contributed by atoms with Gasteiger partial charge in [0.1, 0.15) is 5.69 Å². The van der Waals surface area contributed by atoms with Crippen molar-refractivity contribution in [1.29, 1.82) is 0 Å². The number of amides is 2. The number of nitrogens with one attached hydrogen (secondary N) is 4. The van der Waals surface area contributed by atoms with Crippen LogP contribution in [-0.2, 0) is 10.1 Å². The van der Waals surface area contributed by atoms with Crippen molar-refractivity contribution in [3.8, 4) is 11.1 Å². The lowest BCUT2D eigenvalue weighted by Gasteiger charge is -2.51. The first-order valence-corrected chi connectivity index (χ1v) is 18.3. The van der Waals surface area contributed by atoms with Gasteiger partial charge < -0.3 is 31.1 Å². The Balaban J connectivity index is 0.00000160. The van der Waals surface area contributed by atoms with Gasteiger partial charge in [-0.1, -0.05) is 39.0 Å². The molecule has 0 spiro atoms. The summed E-state index contributed by atoms with van der Waals surface area (Å²) in [6.07, 6.45) is 4.32. The molecule has 54 heavy (non-hydrogen) atoms. The summed E-state index contributed by atoms with van der Waals surface area (Å²) in [5.74, 6) is 0.312. The predicted molar refractivity (Wildman–Crippen MR) is 211 cm³/mol. The summed E-state index contributed by atoms with van der Waals surface area (Å²) in [6.45, 7) is 7.79. The number of aldehydes is 1. The third kappa shape index (κ3) is 7.36. The molecule has 16 heteroatoms. The van der Waals surface area contributed by atoms with Gasteiger partial charge in [-0.2, -0.15) is 5.10 Å². The number of hydrogen-bond acceptors (Lipinski definition) is 11. The molecule has 5 heterocycles. The van der Waals surface area contributed by atoms with Crippen molar-refractivity contribution in [3.63, 3.8) is 0 Å². The molecule has 1 aromatic carbocycles. The van der Waals surface area contributed by atoms with E-state index < -0.39 is 11.2 Å². The lowest BCUT2D eigenvalue weighted by Crippen LogP contribution is -2.60. The Morgan fingerprint density at radius 1 is 0.981 bits per heavy atom. The van der Waals surface area contributed by atoms with Crippen LogP contribution >= 0.6 is 0 Å². The Morgan fingerprint density at radius 3 is 2.33 bits per heavy atom. The number of para-hydroxylation sites is 1. The SMILES string of the molecule is CNC.[B]C([B])(c1cccc(C=O)n1)N1CC(n2ncc3c2C(C(C)C(C)C)N(C)c2c(Nc4cc(NC(=O)C5CC5)nnc4C(=O)NC)cccc2-3)C1. The molecule has 2 fully saturated rings. The second-order valence-corrected chi connectivity index (χ2v) is 14.7. The summed E-state index contributed by atoms with van der Waals surface area (Å²) in [5.41, 5.74) is 6.06. The van der Waals surface area contributed by atoms with E-state index in [2.05, 4.69) is 79.9 Å². The lowest BCUT2D eigenvalue weighted by molar-refractivity contribution is -0.117. The van der Waals surface area contributed by atoms with E-state index in [9.17, 15) is 14.4 Å². The van der Waals surface area contributed by atoms with Crippen molar-refractivity contribution in [2.24, 2.45) is 17.8 Å². The van der Waals surface area contributed by atoms with Crippen molar-refractivity contribution >= 4 is 56.7 Å². The average Bonchev–Trinajstić information content (AvgIpc) is 3.91. The predicted octanol–water partition coefficient (Wildman–Crippen LogP) is 3.62. The third-order valence-electron chi connectivity index (χ3n) is 10.5. The van der Waals surface area contributed by atoms with Crippen LogP contribution in [0, 0.1) is 17.8 Å². The second-order valence-electron chi connectivity index (χ2n) is 14.7. The summed E-state index contributed by atoms with van der Waals surface area (Å²) in [7, 11) is 20.6. The Hall–Kier alpha value is -5.08. The maximum Gasteiger partial charge on any atom is 0.273 e. The number of hydrogen-bond donors (Lipinski definition) is 4. The highest BCUT2D eigenvalue weighted by Crippen LogP contribution is 2.52. The van der Waals surface area contributed by atoms with Gasteiger partial charge in [-0.15, -0.1) is 10.2 Å². The number of likely N-dealkylation sites (tertiary alicyclic amines) is 1. The summed E-state index contributed by atoms with van der Waals surface area (Å²) in [4.78, 5) is 45.4. The number of rotatable bonds is 11. The van der Waals surface area contributed by atoms with Crippen LogP contribution in [0.5, 0.6) is 0 Å². The average molecular weight is 727 g/mol. The zero-order valence-electron chi connectivity index (χ0n) is 31.9. The molecule has 2 amide bonds. The summed E-state index contributed by atoms with van der Waals surface area (Å²) < 4.78 is 2.12. The van der Waals surface area contributed by atoms with Crippen LogP contribution < -0.4 is 26.2 Å². The molecule has 2 unspecified atom stereocenters. The van der Waals surface area contributed by atoms with Crippen LogP contribution in [0.15, 0.2) is 48.7 Å². The van der Waals surface area contributed by atoms with Crippen LogP contribution in [-0.4, -0.2) is 105 Å². The molecule has 2 atom stereocenters. The molecule has 14 nitrogen and oxygen atoms in total. The number of carbonyl (C=O) groups excluding carboxylic acids is 3. The molecule has 4 radical (unpaired) electrons. The fraction of sp³-hybridized carbons (Fsp3) is 0.447. The number of benzene rings is 1. The minimum absolute atomic E-state index is 0.00915. The van der Waals surface area contributed by atoms with Crippen molar-refractivity contribution < 1.29 is 14.4 Å². The van der Waals surface area contributed by atoms with Gasteiger partial charge >= 0.3 is 0 Å². The van der Waals surface area contributed by atoms with Gasteiger partial charge in [0.2, 0.25) is 5.91 Å². The number of nitrogens with zero attached hydrogens (tertiary/aromatic N) is 7. The maximum atomic E-state index is 12.9. The highest BCUT2D eigenvalue weighted by molar-refractivity contribution is 6.39. The molecule has 3 aliphatic rings. The Kier molecular flexibility index (Phi) is 11.2. The van der Waals surface area contributed by atoms with Crippen molar-refractivity contribution in [3.05, 3.63) is 71.4 Å². The number of fused-ring (bicyclic) bond motifs is 3. The highest BCUT2D eigenvalue weighted by Gasteiger charge is 2.44. The van der Waals surface area contributed by atoms with E-state index in [1.807, 2.05) is 37.3 Å². The molecule has 1 aliphatic carbocycles. The van der Waals surface area contributed by atoms with Crippen LogP contribution in [0.3, 0.4) is 0 Å². The first-order chi connectivity index (χ1) is 25.8. The lowest BCUT2D eigenvalue weighted by atomic mass is 9.57. The molecule has 0 bridgehead atoms. The van der Waals surface area contributed by atoms with Gasteiger partial charge in [0.25, 0.3) is 5.91 Å². The van der Waals surface area contributed by atoms with Gasteiger partial charge in [0.15, 0.2) is 17.8 Å². The van der Waals surface area contributed by atoms with E-state index in [-0.39, 0.29) is 47.0 Å². The van der Waals surface area contributed by atoms with Crippen LogP contribution in [0.2, 0.25) is 0 Å². The number of anilines is 4. The number of carbonyl (C=O) groups is 3. The van der Waals surface area contributed by atoms with Gasteiger partial charge in [-0.25, -0.2) is 4.98 Å². The monoisotopic (exact) mass is 727 g/mol. The van der Waals surface area contributed by atoms with Gasteiger partial charge in [0.05, 0.1) is 56.7 Å². The minimum Gasteiger partial charge on any atom is -0.364 e. The van der Waals surface area contributed by atoms with Crippen LogP contribution in [0.25, 0.3) is 11.1 Å². The fourth-order valence-corrected chi connectivity index (χ4v) is 7.06. The molecule has 4 aromatic rings. The number of aromatic nitrogens is 5. The van der Waals surface area contributed by atoms with Crippen LogP contribution in [0.4, 0.5) is 22.9 Å². The van der Waals surface area contributed by atoms with E-state index in [0.29, 0.717) is 36.7 Å². The normalized spacial score (nSPS) is 17.3. The Labute approximate surface area is 319 Å². The largest absolute Gasteiger partial charge is 0.364 e. The second kappa shape index (κ2) is 15.7.